The predicted molar refractivity (Wildman–Crippen MR) is 65.2 cm³/mol. The van der Waals surface area contributed by atoms with Crippen LogP contribution in [0, 0.1) is 0 Å². The van der Waals surface area contributed by atoms with E-state index in [4.69, 9.17) is 0 Å². The Kier molecular flexibility index (Phi) is 3.29. The Morgan fingerprint density at radius 1 is 1.26 bits per heavy atom. The van der Waals surface area contributed by atoms with Crippen molar-refractivity contribution in [3.63, 3.8) is 0 Å². The van der Waals surface area contributed by atoms with Gasteiger partial charge in [-0.3, -0.25) is 4.99 Å². The van der Waals surface area contributed by atoms with Gasteiger partial charge in [-0.25, -0.2) is 8.42 Å². The van der Waals surface area contributed by atoms with Crippen LogP contribution in [0.3, 0.4) is 0 Å². The standard InChI is InChI=1S/C11H11F3N2O2S/c1-19(17,18)9-4-2-8(3-5-9)16-6-10(15-7-16)11(12,13)14/h2-5,7,10H,6H2,1H3. The molecule has 0 amide bonds. The van der Waals surface area contributed by atoms with Gasteiger partial charge >= 0.3 is 6.18 Å². The van der Waals surface area contributed by atoms with E-state index in [0.717, 1.165) is 12.6 Å². The molecule has 1 aromatic carbocycles. The molecule has 1 atom stereocenters. The van der Waals surface area contributed by atoms with E-state index in [1.165, 1.54) is 29.2 Å². The average molecular weight is 292 g/mol. The van der Waals surface area contributed by atoms with E-state index < -0.39 is 22.1 Å². The van der Waals surface area contributed by atoms with Crippen molar-refractivity contribution in [3.8, 4) is 0 Å². The fourth-order valence-electron chi connectivity index (χ4n) is 1.69. The number of benzene rings is 1. The summed E-state index contributed by atoms with van der Waals surface area (Å²) in [4.78, 5) is 4.86. The Morgan fingerprint density at radius 2 is 1.84 bits per heavy atom. The highest BCUT2D eigenvalue weighted by atomic mass is 32.2. The van der Waals surface area contributed by atoms with Crippen LogP contribution in [0.1, 0.15) is 0 Å². The van der Waals surface area contributed by atoms with Crippen LogP contribution in [0.15, 0.2) is 34.2 Å². The first kappa shape index (κ1) is 13.9. The lowest BCUT2D eigenvalue weighted by Gasteiger charge is -2.17. The quantitative estimate of drug-likeness (QED) is 0.836. The van der Waals surface area contributed by atoms with Gasteiger partial charge in [0.15, 0.2) is 15.9 Å². The lowest BCUT2D eigenvalue weighted by Crippen LogP contribution is -2.33. The first-order valence-electron chi connectivity index (χ1n) is 5.35. The van der Waals surface area contributed by atoms with Crippen molar-refractivity contribution in [2.75, 3.05) is 17.7 Å². The molecule has 1 aromatic rings. The Labute approximate surface area is 108 Å². The second kappa shape index (κ2) is 4.52. The second-order valence-electron chi connectivity index (χ2n) is 4.24. The summed E-state index contributed by atoms with van der Waals surface area (Å²) in [5, 5.41) is 0. The molecule has 0 bridgehead atoms. The third kappa shape index (κ3) is 3.06. The van der Waals surface area contributed by atoms with Gasteiger partial charge in [0.05, 0.1) is 17.8 Å². The van der Waals surface area contributed by atoms with Crippen LogP contribution in [0.5, 0.6) is 0 Å². The highest BCUT2D eigenvalue weighted by molar-refractivity contribution is 7.90. The molecule has 0 N–H and O–H groups in total. The monoisotopic (exact) mass is 292 g/mol. The molecule has 2 rings (SSSR count). The molecule has 1 heterocycles. The normalized spacial score (nSPS) is 20.0. The zero-order valence-electron chi connectivity index (χ0n) is 9.92. The average Bonchev–Trinajstić information content (AvgIpc) is 2.77. The van der Waals surface area contributed by atoms with Crippen LogP contribution < -0.4 is 4.90 Å². The molecule has 0 radical (unpaired) electrons. The fraction of sp³-hybridized carbons (Fsp3) is 0.364. The third-order valence-electron chi connectivity index (χ3n) is 2.73. The number of anilines is 1. The molecule has 0 spiro atoms. The van der Waals surface area contributed by atoms with Crippen molar-refractivity contribution in [2.24, 2.45) is 4.99 Å². The number of hydrogen-bond donors (Lipinski definition) is 0. The van der Waals surface area contributed by atoms with E-state index in [9.17, 15) is 21.6 Å². The van der Waals surface area contributed by atoms with Gasteiger partial charge in [-0.1, -0.05) is 0 Å². The van der Waals surface area contributed by atoms with Crippen LogP contribution >= 0.6 is 0 Å². The number of rotatable bonds is 2. The summed E-state index contributed by atoms with van der Waals surface area (Å²) in [5.41, 5.74) is 0.475. The molecule has 8 heteroatoms. The Bertz CT molecular complexity index is 593. The van der Waals surface area contributed by atoms with E-state index in [1.807, 2.05) is 0 Å². The Hall–Kier alpha value is -1.57. The van der Waals surface area contributed by atoms with Crippen LogP contribution in [-0.4, -0.2) is 39.8 Å². The minimum Gasteiger partial charge on any atom is -0.330 e. The first-order chi connectivity index (χ1) is 8.68. The molecule has 0 saturated carbocycles. The van der Waals surface area contributed by atoms with Gasteiger partial charge in [-0.2, -0.15) is 13.2 Å². The summed E-state index contributed by atoms with van der Waals surface area (Å²) >= 11 is 0. The zero-order chi connectivity index (χ0) is 14.3. The van der Waals surface area contributed by atoms with E-state index in [0.29, 0.717) is 5.69 Å². The van der Waals surface area contributed by atoms with Gasteiger partial charge in [0.2, 0.25) is 0 Å². The van der Waals surface area contributed by atoms with E-state index in [1.54, 1.807) is 0 Å². The van der Waals surface area contributed by atoms with Crippen molar-refractivity contribution < 1.29 is 21.6 Å². The van der Waals surface area contributed by atoms with Crippen molar-refractivity contribution >= 4 is 21.9 Å². The summed E-state index contributed by atoms with van der Waals surface area (Å²) in [5.74, 6) is 0. The van der Waals surface area contributed by atoms with Crippen LogP contribution in [-0.2, 0) is 9.84 Å². The largest absolute Gasteiger partial charge is 0.412 e. The second-order valence-corrected chi connectivity index (χ2v) is 6.26. The van der Waals surface area contributed by atoms with Gasteiger partial charge in [0.1, 0.15) is 0 Å². The smallest absolute Gasteiger partial charge is 0.330 e. The Balaban J connectivity index is 2.16. The van der Waals surface area contributed by atoms with Crippen molar-refractivity contribution in [1.82, 2.24) is 0 Å². The van der Waals surface area contributed by atoms with Crippen molar-refractivity contribution in [3.05, 3.63) is 24.3 Å². The maximum atomic E-state index is 12.5. The maximum absolute atomic E-state index is 12.5. The van der Waals surface area contributed by atoms with Crippen LogP contribution in [0.2, 0.25) is 0 Å². The summed E-state index contributed by atoms with van der Waals surface area (Å²) in [6, 6.07) is 3.91. The van der Waals surface area contributed by atoms with Gasteiger partial charge in [-0.15, -0.1) is 0 Å². The number of nitrogens with zero attached hydrogens (tertiary/aromatic N) is 2. The minimum absolute atomic E-state index is 0.125. The molecule has 0 aliphatic carbocycles. The molecule has 1 aliphatic rings. The molecule has 0 aromatic heterocycles. The van der Waals surface area contributed by atoms with Crippen molar-refractivity contribution in [1.29, 1.82) is 0 Å². The molecule has 0 fully saturated rings. The number of sulfone groups is 1. The fourth-order valence-corrected chi connectivity index (χ4v) is 2.32. The molecule has 104 valence electrons. The van der Waals surface area contributed by atoms with Crippen LogP contribution in [0.25, 0.3) is 0 Å². The van der Waals surface area contributed by atoms with E-state index >= 15 is 0 Å². The molecule has 4 nitrogen and oxygen atoms in total. The lowest BCUT2D eigenvalue weighted by atomic mass is 10.2. The highest BCUT2D eigenvalue weighted by Gasteiger charge is 2.42. The molecule has 0 saturated heterocycles. The summed E-state index contributed by atoms with van der Waals surface area (Å²) < 4.78 is 59.9. The highest BCUT2D eigenvalue weighted by Crippen LogP contribution is 2.28. The molecule has 1 unspecified atom stereocenters. The third-order valence-corrected chi connectivity index (χ3v) is 3.86. The summed E-state index contributed by atoms with van der Waals surface area (Å²) in [6.45, 7) is -0.290. The Morgan fingerprint density at radius 3 is 2.26 bits per heavy atom. The van der Waals surface area contributed by atoms with Crippen molar-refractivity contribution in [2.45, 2.75) is 17.1 Å². The first-order valence-corrected chi connectivity index (χ1v) is 7.24. The van der Waals surface area contributed by atoms with Gasteiger partial charge in [0, 0.05) is 11.9 Å². The SMILES string of the molecule is CS(=O)(=O)c1ccc(N2C=NC(C(F)(F)F)C2)cc1. The van der Waals surface area contributed by atoms with E-state index in [-0.39, 0.29) is 11.4 Å². The summed E-state index contributed by atoms with van der Waals surface area (Å²) in [7, 11) is -3.31. The number of alkyl halides is 3. The topological polar surface area (TPSA) is 49.7 Å². The van der Waals surface area contributed by atoms with E-state index in [2.05, 4.69) is 4.99 Å². The number of halogens is 3. The number of aliphatic imine (C=N–C) groups is 1. The molecule has 1 aliphatic heterocycles. The molecular formula is C11H11F3N2O2S. The maximum Gasteiger partial charge on any atom is 0.412 e. The molecular weight excluding hydrogens is 281 g/mol. The van der Waals surface area contributed by atoms with Crippen LogP contribution in [0.4, 0.5) is 18.9 Å². The minimum atomic E-state index is -4.36. The van der Waals surface area contributed by atoms with Gasteiger partial charge in [0.25, 0.3) is 0 Å². The lowest BCUT2D eigenvalue weighted by molar-refractivity contribution is -0.142. The van der Waals surface area contributed by atoms with Gasteiger partial charge in [-0.05, 0) is 24.3 Å². The number of hydrogen-bond acceptors (Lipinski definition) is 4. The predicted octanol–water partition coefficient (Wildman–Crippen LogP) is 1.87. The summed E-state index contributed by atoms with van der Waals surface area (Å²) in [6.07, 6.45) is -2.18. The molecule has 19 heavy (non-hydrogen) atoms. The van der Waals surface area contributed by atoms with Gasteiger partial charge < -0.3 is 4.90 Å². The zero-order valence-corrected chi connectivity index (χ0v) is 10.7.